The first-order valence-corrected chi connectivity index (χ1v) is 12.9. The van der Waals surface area contributed by atoms with Crippen molar-refractivity contribution in [3.8, 4) is 0 Å². The van der Waals surface area contributed by atoms with E-state index in [1.165, 1.54) is 4.31 Å². The highest BCUT2D eigenvalue weighted by Crippen LogP contribution is 2.27. The molecule has 0 unspecified atom stereocenters. The zero-order chi connectivity index (χ0) is 24.2. The first-order chi connectivity index (χ1) is 15.5. The third-order valence-electron chi connectivity index (χ3n) is 6.10. The number of rotatable bonds is 5. The molecule has 1 saturated carbocycles. The minimum absolute atomic E-state index is 0.0124. The van der Waals surface area contributed by atoms with Crippen LogP contribution in [-0.4, -0.2) is 67.4 Å². The van der Waals surface area contributed by atoms with Gasteiger partial charge >= 0.3 is 6.09 Å². The Hall–Kier alpha value is -2.39. The van der Waals surface area contributed by atoms with E-state index in [-0.39, 0.29) is 35.9 Å². The quantitative estimate of drug-likeness (QED) is 0.702. The van der Waals surface area contributed by atoms with E-state index < -0.39 is 21.7 Å². The summed E-state index contributed by atoms with van der Waals surface area (Å²) in [7, 11) is -3.58. The normalized spacial score (nSPS) is 22.5. The van der Waals surface area contributed by atoms with Crippen LogP contribution in [-0.2, 0) is 19.6 Å². The lowest BCUT2D eigenvalue weighted by atomic mass is 9.85. The number of piperazine rings is 1. The molecule has 0 aromatic heterocycles. The van der Waals surface area contributed by atoms with E-state index in [2.05, 4.69) is 11.9 Å². The second kappa shape index (κ2) is 10.3. The third-order valence-corrected chi connectivity index (χ3v) is 8.01. The smallest absolute Gasteiger partial charge is 0.407 e. The summed E-state index contributed by atoms with van der Waals surface area (Å²) in [6.07, 6.45) is 4.10. The number of sulfonamides is 1. The summed E-state index contributed by atoms with van der Waals surface area (Å²) in [6.45, 7) is 10.5. The number of alkyl carbamates (subject to hydrolysis) is 1. The molecule has 182 valence electrons. The van der Waals surface area contributed by atoms with Gasteiger partial charge in [-0.2, -0.15) is 4.31 Å². The second-order valence-electron chi connectivity index (χ2n) is 9.70. The van der Waals surface area contributed by atoms with Gasteiger partial charge in [-0.05, 0) is 64.2 Å². The molecule has 2 aliphatic rings. The fourth-order valence-corrected chi connectivity index (χ4v) is 5.71. The molecule has 1 N–H and O–H groups in total. The molecule has 9 heteroatoms. The summed E-state index contributed by atoms with van der Waals surface area (Å²) < 4.78 is 32.6. The monoisotopic (exact) mass is 477 g/mol. The first-order valence-electron chi connectivity index (χ1n) is 11.5. The topological polar surface area (TPSA) is 96.0 Å². The largest absolute Gasteiger partial charge is 0.444 e. The van der Waals surface area contributed by atoms with Crippen LogP contribution in [0.5, 0.6) is 0 Å². The second-order valence-corrected chi connectivity index (χ2v) is 11.6. The number of carbonyl (C=O) groups excluding carboxylic acids is 2. The van der Waals surface area contributed by atoms with Gasteiger partial charge in [-0.15, -0.1) is 0 Å². The Labute approximate surface area is 197 Å². The Kier molecular flexibility index (Phi) is 7.84. The van der Waals surface area contributed by atoms with Gasteiger partial charge in [0, 0.05) is 38.1 Å². The zero-order valence-electron chi connectivity index (χ0n) is 19.7. The van der Waals surface area contributed by atoms with E-state index in [9.17, 15) is 18.0 Å². The molecular weight excluding hydrogens is 442 g/mol. The SMILES string of the molecule is C=Cc1ccc(S(=O)(=O)N2CCN(C(=O)[C@H]3CC[C@H](NC(=O)OC(C)(C)C)CC3)CC2)cc1. The minimum atomic E-state index is -3.58. The Morgan fingerprint density at radius 3 is 2.12 bits per heavy atom. The van der Waals surface area contributed by atoms with Gasteiger partial charge in [0.15, 0.2) is 0 Å². The summed E-state index contributed by atoms with van der Waals surface area (Å²) in [5.74, 6) is -0.00519. The summed E-state index contributed by atoms with van der Waals surface area (Å²) in [5, 5.41) is 2.89. The summed E-state index contributed by atoms with van der Waals surface area (Å²) in [4.78, 5) is 27.0. The van der Waals surface area contributed by atoms with Crippen LogP contribution in [0.15, 0.2) is 35.7 Å². The number of nitrogens with zero attached hydrogens (tertiary/aromatic N) is 2. The molecule has 0 atom stereocenters. The van der Waals surface area contributed by atoms with Crippen molar-refractivity contribution in [3.63, 3.8) is 0 Å². The molecule has 1 aliphatic carbocycles. The van der Waals surface area contributed by atoms with Gasteiger partial charge in [0.05, 0.1) is 4.90 Å². The lowest BCUT2D eigenvalue weighted by molar-refractivity contribution is -0.137. The Balaban J connectivity index is 1.47. The standard InChI is InChI=1S/C24H35N3O5S/c1-5-18-6-12-21(13-7-18)33(30,31)27-16-14-26(15-17-27)22(28)19-8-10-20(11-9-19)25-23(29)32-24(2,3)4/h5-7,12-13,19-20H,1,8-11,14-17H2,2-4H3,(H,25,29)/t19-,20-. The maximum Gasteiger partial charge on any atom is 0.407 e. The van der Waals surface area contributed by atoms with Crippen LogP contribution in [0.3, 0.4) is 0 Å². The van der Waals surface area contributed by atoms with E-state index in [1.54, 1.807) is 35.2 Å². The Morgan fingerprint density at radius 1 is 1.03 bits per heavy atom. The number of nitrogens with one attached hydrogen (secondary N) is 1. The third kappa shape index (κ3) is 6.57. The predicted octanol–water partition coefficient (Wildman–Crippen LogP) is 3.25. The average Bonchev–Trinajstić information content (AvgIpc) is 2.78. The molecule has 1 saturated heterocycles. The lowest BCUT2D eigenvalue weighted by Crippen LogP contribution is -2.52. The van der Waals surface area contributed by atoms with Gasteiger partial charge in [0.25, 0.3) is 0 Å². The van der Waals surface area contributed by atoms with Crippen LogP contribution < -0.4 is 5.32 Å². The van der Waals surface area contributed by atoms with E-state index in [0.29, 0.717) is 25.9 Å². The molecule has 0 radical (unpaired) electrons. The van der Waals surface area contributed by atoms with Crippen LogP contribution in [0.2, 0.25) is 0 Å². The predicted molar refractivity (Wildman–Crippen MR) is 127 cm³/mol. The van der Waals surface area contributed by atoms with Crippen LogP contribution in [0.4, 0.5) is 4.79 Å². The molecule has 1 aliphatic heterocycles. The van der Waals surface area contributed by atoms with Gasteiger partial charge in [0.1, 0.15) is 5.60 Å². The molecular formula is C24H35N3O5S. The molecule has 33 heavy (non-hydrogen) atoms. The van der Waals surface area contributed by atoms with Crippen LogP contribution in [0.1, 0.15) is 52.0 Å². The zero-order valence-corrected chi connectivity index (χ0v) is 20.6. The minimum Gasteiger partial charge on any atom is -0.444 e. The molecule has 1 aromatic carbocycles. The van der Waals surface area contributed by atoms with Crippen molar-refractivity contribution in [1.29, 1.82) is 0 Å². The van der Waals surface area contributed by atoms with Crippen molar-refractivity contribution in [2.45, 2.75) is 63.0 Å². The van der Waals surface area contributed by atoms with Crippen molar-refractivity contribution < 1.29 is 22.7 Å². The van der Waals surface area contributed by atoms with Gasteiger partial charge in [-0.3, -0.25) is 4.79 Å². The van der Waals surface area contributed by atoms with E-state index in [0.717, 1.165) is 18.4 Å². The molecule has 2 amide bonds. The number of hydrogen-bond donors (Lipinski definition) is 1. The number of hydrogen-bond acceptors (Lipinski definition) is 5. The summed E-state index contributed by atoms with van der Waals surface area (Å²) in [6, 6.07) is 6.65. The highest BCUT2D eigenvalue weighted by atomic mass is 32.2. The van der Waals surface area contributed by atoms with E-state index in [1.807, 2.05) is 20.8 Å². The molecule has 0 bridgehead atoms. The molecule has 2 fully saturated rings. The Morgan fingerprint density at radius 2 is 1.61 bits per heavy atom. The van der Waals surface area contributed by atoms with Crippen molar-refractivity contribution in [1.82, 2.24) is 14.5 Å². The number of amides is 2. The number of carbonyl (C=O) groups is 2. The summed E-state index contributed by atoms with van der Waals surface area (Å²) in [5.41, 5.74) is 0.322. The fraction of sp³-hybridized carbons (Fsp3) is 0.583. The Bertz CT molecular complexity index is 953. The molecule has 8 nitrogen and oxygen atoms in total. The highest BCUT2D eigenvalue weighted by Gasteiger charge is 2.34. The maximum atomic E-state index is 13.0. The highest BCUT2D eigenvalue weighted by molar-refractivity contribution is 7.89. The van der Waals surface area contributed by atoms with Gasteiger partial charge in [-0.1, -0.05) is 24.8 Å². The fourth-order valence-electron chi connectivity index (χ4n) is 4.29. The van der Waals surface area contributed by atoms with Crippen LogP contribution in [0.25, 0.3) is 6.08 Å². The van der Waals surface area contributed by atoms with Gasteiger partial charge < -0.3 is 15.0 Å². The first kappa shape index (κ1) is 25.2. The molecule has 1 heterocycles. The number of ether oxygens (including phenoxy) is 1. The van der Waals surface area contributed by atoms with Crippen molar-refractivity contribution in [2.75, 3.05) is 26.2 Å². The lowest BCUT2D eigenvalue weighted by Gasteiger charge is -2.37. The maximum absolute atomic E-state index is 13.0. The van der Waals surface area contributed by atoms with Crippen LogP contribution >= 0.6 is 0 Å². The van der Waals surface area contributed by atoms with E-state index in [4.69, 9.17) is 4.74 Å². The molecule has 0 spiro atoms. The van der Waals surface area contributed by atoms with Crippen molar-refractivity contribution >= 4 is 28.1 Å². The number of benzene rings is 1. The van der Waals surface area contributed by atoms with E-state index >= 15 is 0 Å². The van der Waals surface area contributed by atoms with Crippen molar-refractivity contribution in [2.24, 2.45) is 5.92 Å². The average molecular weight is 478 g/mol. The summed E-state index contributed by atoms with van der Waals surface area (Å²) >= 11 is 0. The van der Waals surface area contributed by atoms with Crippen LogP contribution in [0, 0.1) is 5.92 Å². The molecule has 1 aromatic rings. The van der Waals surface area contributed by atoms with Gasteiger partial charge in [-0.25, -0.2) is 13.2 Å². The molecule has 3 rings (SSSR count). The van der Waals surface area contributed by atoms with Gasteiger partial charge in [0.2, 0.25) is 15.9 Å². The van der Waals surface area contributed by atoms with Crippen molar-refractivity contribution in [3.05, 3.63) is 36.4 Å².